The van der Waals surface area contributed by atoms with E-state index in [0.717, 1.165) is 76.5 Å². The fourth-order valence-corrected chi connectivity index (χ4v) is 6.51. The summed E-state index contributed by atoms with van der Waals surface area (Å²) in [6.45, 7) is 7.56. The summed E-state index contributed by atoms with van der Waals surface area (Å²) in [5.74, 6) is 1.08. The molecule has 1 atom stereocenters. The lowest BCUT2D eigenvalue weighted by atomic mass is 9.93. The number of carboxylic acid groups (broad SMARTS) is 1. The molecule has 3 aliphatic rings. The summed E-state index contributed by atoms with van der Waals surface area (Å²) < 4.78 is 11.9. The molecule has 0 bridgehead atoms. The third-order valence-electron chi connectivity index (χ3n) is 8.15. The van der Waals surface area contributed by atoms with E-state index < -0.39 is 5.97 Å². The zero-order valence-electron chi connectivity index (χ0n) is 23.7. The van der Waals surface area contributed by atoms with E-state index in [1.807, 2.05) is 24.3 Å². The number of fused-ring (bicyclic) bond motifs is 1. The van der Waals surface area contributed by atoms with Gasteiger partial charge in [0.2, 0.25) is 11.8 Å². The molecule has 0 spiro atoms. The van der Waals surface area contributed by atoms with Gasteiger partial charge in [0, 0.05) is 60.8 Å². The second-order valence-electron chi connectivity index (χ2n) is 11.2. The van der Waals surface area contributed by atoms with Gasteiger partial charge in [0.15, 0.2) is 5.75 Å². The minimum atomic E-state index is -0.729. The van der Waals surface area contributed by atoms with Gasteiger partial charge in [0.25, 0.3) is 0 Å². The highest BCUT2D eigenvalue weighted by molar-refractivity contribution is 6.35. The second-order valence-corrected chi connectivity index (χ2v) is 12.1. The number of hydrogen-bond donors (Lipinski definition) is 1. The van der Waals surface area contributed by atoms with Crippen LogP contribution in [0, 0.1) is 5.92 Å². The first-order valence-electron chi connectivity index (χ1n) is 14.4. The SMILES string of the molecule is Cl.O=C(O)CC1CCN(Cc2cc(Oc3cnc(N4CCN5CCOCC5C4)nc3)nc(-c3cc(Cl)cc(Cl)c3)c2)CC1. The number of anilines is 1. The monoisotopic (exact) mass is 648 g/mol. The van der Waals surface area contributed by atoms with Crippen LogP contribution in [0.5, 0.6) is 11.6 Å². The molecule has 2 aromatic heterocycles. The van der Waals surface area contributed by atoms with Crippen LogP contribution in [0.15, 0.2) is 42.7 Å². The Morgan fingerprint density at radius 2 is 1.74 bits per heavy atom. The largest absolute Gasteiger partial charge is 0.481 e. The van der Waals surface area contributed by atoms with Gasteiger partial charge in [-0.25, -0.2) is 15.0 Å². The molecule has 0 amide bonds. The zero-order valence-corrected chi connectivity index (χ0v) is 26.0. The molecule has 0 aliphatic carbocycles. The number of carbonyl (C=O) groups is 1. The van der Waals surface area contributed by atoms with Crippen LogP contribution in [0.25, 0.3) is 11.3 Å². The molecule has 6 rings (SSSR count). The molecule has 13 heteroatoms. The number of pyridine rings is 1. The molecule has 1 aromatic carbocycles. The van der Waals surface area contributed by atoms with Gasteiger partial charge >= 0.3 is 5.97 Å². The van der Waals surface area contributed by atoms with Gasteiger partial charge in [-0.3, -0.25) is 14.6 Å². The fourth-order valence-electron chi connectivity index (χ4n) is 5.98. The van der Waals surface area contributed by atoms with E-state index in [1.54, 1.807) is 18.5 Å². The predicted octanol–water partition coefficient (Wildman–Crippen LogP) is 5.27. The van der Waals surface area contributed by atoms with Crippen molar-refractivity contribution in [2.45, 2.75) is 31.8 Å². The Morgan fingerprint density at radius 1 is 1.00 bits per heavy atom. The van der Waals surface area contributed by atoms with Crippen molar-refractivity contribution in [2.24, 2.45) is 5.92 Å². The number of piperazine rings is 1. The number of aromatic nitrogens is 3. The van der Waals surface area contributed by atoms with Crippen LogP contribution in [0.4, 0.5) is 5.95 Å². The highest BCUT2D eigenvalue weighted by Gasteiger charge is 2.30. The number of benzene rings is 1. The Labute approximate surface area is 267 Å². The van der Waals surface area contributed by atoms with Gasteiger partial charge < -0.3 is 19.5 Å². The molecule has 1 unspecified atom stereocenters. The molecule has 230 valence electrons. The Hall–Kier alpha value is -2.73. The van der Waals surface area contributed by atoms with E-state index in [4.69, 9.17) is 42.8 Å². The van der Waals surface area contributed by atoms with E-state index in [-0.39, 0.29) is 24.7 Å². The first-order valence-corrected chi connectivity index (χ1v) is 15.1. The standard InChI is InChI=1S/C30H34Cl2N6O4.ClH/c31-23-12-22(13-24(32)14-23)27-9-21(17-36-3-1-20(2-4-36)11-29(39)40)10-28(35-27)42-26-15-33-30(34-16-26)38-6-5-37-7-8-41-19-25(37)18-38;/h9-10,12-16,20,25H,1-8,11,17-19H2,(H,39,40);1H. The number of rotatable bonds is 8. The van der Waals surface area contributed by atoms with Crippen molar-refractivity contribution in [1.29, 1.82) is 0 Å². The lowest BCUT2D eigenvalue weighted by Crippen LogP contribution is -2.58. The van der Waals surface area contributed by atoms with E-state index in [9.17, 15) is 4.79 Å². The van der Waals surface area contributed by atoms with Crippen molar-refractivity contribution in [3.63, 3.8) is 0 Å². The molecule has 1 N–H and O–H groups in total. The molecule has 3 aromatic rings. The number of morpholine rings is 1. The second kappa shape index (κ2) is 14.4. The smallest absolute Gasteiger partial charge is 0.303 e. The van der Waals surface area contributed by atoms with Crippen molar-refractivity contribution >= 4 is 47.5 Å². The average molecular weight is 650 g/mol. The van der Waals surface area contributed by atoms with E-state index in [1.165, 1.54) is 0 Å². The quantitative estimate of drug-likeness (QED) is 0.347. The first-order chi connectivity index (χ1) is 20.4. The third-order valence-corrected chi connectivity index (χ3v) is 8.59. The highest BCUT2D eigenvalue weighted by Crippen LogP contribution is 2.31. The van der Waals surface area contributed by atoms with Crippen LogP contribution in [-0.2, 0) is 16.1 Å². The molecule has 0 radical (unpaired) electrons. The molecular formula is C30H35Cl3N6O4. The maximum absolute atomic E-state index is 11.1. The maximum Gasteiger partial charge on any atom is 0.303 e. The Balaban J connectivity index is 0.00000368. The average Bonchev–Trinajstić information content (AvgIpc) is 2.97. The molecule has 3 saturated heterocycles. The van der Waals surface area contributed by atoms with Gasteiger partial charge in [0.05, 0.1) is 37.3 Å². The van der Waals surface area contributed by atoms with Crippen LogP contribution in [0.2, 0.25) is 10.0 Å². The van der Waals surface area contributed by atoms with Crippen molar-refractivity contribution in [2.75, 3.05) is 57.4 Å². The number of hydrogen-bond acceptors (Lipinski definition) is 9. The summed E-state index contributed by atoms with van der Waals surface area (Å²) in [6, 6.07) is 9.66. The van der Waals surface area contributed by atoms with E-state index in [2.05, 4.69) is 24.7 Å². The third kappa shape index (κ3) is 8.26. The minimum Gasteiger partial charge on any atom is -0.481 e. The number of nitrogens with zero attached hydrogens (tertiary/aromatic N) is 6. The van der Waals surface area contributed by atoms with Crippen LogP contribution < -0.4 is 9.64 Å². The van der Waals surface area contributed by atoms with Crippen LogP contribution in [0.1, 0.15) is 24.8 Å². The predicted molar refractivity (Wildman–Crippen MR) is 168 cm³/mol. The van der Waals surface area contributed by atoms with Crippen LogP contribution in [0.3, 0.4) is 0 Å². The highest BCUT2D eigenvalue weighted by atomic mass is 35.5. The lowest BCUT2D eigenvalue weighted by Gasteiger charge is -2.43. The van der Waals surface area contributed by atoms with Gasteiger partial charge in [-0.1, -0.05) is 23.2 Å². The maximum atomic E-state index is 11.1. The number of ether oxygens (including phenoxy) is 2. The molecular weight excluding hydrogens is 615 g/mol. The Kier molecular flexibility index (Phi) is 10.6. The molecule has 5 heterocycles. The molecule has 10 nitrogen and oxygen atoms in total. The number of aliphatic carboxylic acids is 1. The number of halogens is 3. The number of likely N-dealkylation sites (tertiary alicyclic amines) is 1. The van der Waals surface area contributed by atoms with Crippen molar-refractivity contribution < 1.29 is 19.4 Å². The van der Waals surface area contributed by atoms with Gasteiger partial charge in [-0.2, -0.15) is 0 Å². The normalized spacial score (nSPS) is 19.9. The molecule has 3 aliphatic heterocycles. The van der Waals surface area contributed by atoms with E-state index >= 15 is 0 Å². The summed E-state index contributed by atoms with van der Waals surface area (Å²) in [7, 11) is 0. The zero-order chi connectivity index (χ0) is 29.1. The number of piperidine rings is 1. The van der Waals surface area contributed by atoms with Gasteiger partial charge in [-0.15, -0.1) is 12.4 Å². The fraction of sp³-hybridized carbons (Fsp3) is 0.467. The van der Waals surface area contributed by atoms with E-state index in [0.29, 0.717) is 45.9 Å². The van der Waals surface area contributed by atoms with Crippen molar-refractivity contribution in [1.82, 2.24) is 24.8 Å². The Bertz CT molecular complexity index is 1390. The summed E-state index contributed by atoms with van der Waals surface area (Å²) >= 11 is 12.6. The first kappa shape index (κ1) is 31.7. The van der Waals surface area contributed by atoms with Gasteiger partial charge in [-0.05, 0) is 61.7 Å². The minimum absolute atomic E-state index is 0. The summed E-state index contributed by atoms with van der Waals surface area (Å²) in [4.78, 5) is 32.1. The molecule has 43 heavy (non-hydrogen) atoms. The topological polar surface area (TPSA) is 104 Å². The molecule has 3 fully saturated rings. The lowest BCUT2D eigenvalue weighted by molar-refractivity contribution is -0.138. The number of carboxylic acids is 1. The van der Waals surface area contributed by atoms with Gasteiger partial charge in [0.1, 0.15) is 0 Å². The van der Waals surface area contributed by atoms with Crippen LogP contribution >= 0.6 is 35.6 Å². The summed E-state index contributed by atoms with van der Waals surface area (Å²) in [5.41, 5.74) is 2.50. The summed E-state index contributed by atoms with van der Waals surface area (Å²) in [6.07, 6.45) is 5.33. The summed E-state index contributed by atoms with van der Waals surface area (Å²) in [5, 5.41) is 10.2. The van der Waals surface area contributed by atoms with Crippen molar-refractivity contribution in [3.8, 4) is 22.9 Å². The van der Waals surface area contributed by atoms with Crippen molar-refractivity contribution in [3.05, 3.63) is 58.3 Å². The Morgan fingerprint density at radius 3 is 2.47 bits per heavy atom. The van der Waals surface area contributed by atoms with Crippen LogP contribution in [-0.4, -0.2) is 94.4 Å². The molecule has 0 saturated carbocycles.